The maximum atomic E-state index is 4.30. The molecular weight excluding hydrogens is 1220 g/mol. The fourth-order valence-electron chi connectivity index (χ4n) is 16.7. The molecule has 0 aliphatic heterocycles. The maximum absolute atomic E-state index is 4.30. The number of hydrogen-bond acceptors (Lipinski definition) is 3. The highest BCUT2D eigenvalue weighted by Crippen LogP contribution is 2.44. The van der Waals surface area contributed by atoms with E-state index < -0.39 is 0 Å². The van der Waals surface area contributed by atoms with Gasteiger partial charge in [-0.05, 0) is 196 Å². The quantitative estimate of drug-likeness (QED) is 0.156. The molecule has 22 aromatic rings. The van der Waals surface area contributed by atoms with Crippen molar-refractivity contribution >= 4 is 152 Å². The third-order valence-corrected chi connectivity index (χ3v) is 21.1. The Labute approximate surface area is 573 Å². The molecule has 0 amide bonds. The number of rotatable bonds is 6. The molecule has 0 aliphatic rings. The Kier molecular flexibility index (Phi) is 12.3. The summed E-state index contributed by atoms with van der Waals surface area (Å²) in [5.41, 5.74) is 18.7. The molecule has 100 heavy (non-hydrogen) atoms. The van der Waals surface area contributed by atoms with E-state index >= 15 is 0 Å². The van der Waals surface area contributed by atoms with Gasteiger partial charge in [0.1, 0.15) is 6.33 Å². The summed E-state index contributed by atoms with van der Waals surface area (Å²) >= 11 is 0. The van der Waals surface area contributed by atoms with Gasteiger partial charge >= 0.3 is 0 Å². The van der Waals surface area contributed by atoms with Gasteiger partial charge in [-0.1, -0.05) is 206 Å². The van der Waals surface area contributed by atoms with Gasteiger partial charge in [0.15, 0.2) is 0 Å². The minimum absolute atomic E-state index is 0.954. The predicted molar refractivity (Wildman–Crippen MR) is 420 cm³/mol. The van der Waals surface area contributed by atoms with Crippen LogP contribution in [0.25, 0.3) is 197 Å². The molecule has 0 saturated carbocycles. The van der Waals surface area contributed by atoms with Gasteiger partial charge in [-0.15, -0.1) is 0 Å². The van der Waals surface area contributed by atoms with Crippen molar-refractivity contribution in [1.29, 1.82) is 0 Å². The molecule has 0 N–H and O–H groups in total. The number of benzene rings is 16. The molecule has 0 spiro atoms. The summed E-state index contributed by atoms with van der Waals surface area (Å²) in [6.45, 7) is 0. The van der Waals surface area contributed by atoms with E-state index in [0.29, 0.717) is 0 Å². The summed E-state index contributed by atoms with van der Waals surface area (Å²) < 4.78 is 9.45. The van der Waals surface area contributed by atoms with Gasteiger partial charge in [0.25, 0.3) is 0 Å². The van der Waals surface area contributed by atoms with Crippen molar-refractivity contribution in [3.05, 3.63) is 347 Å². The van der Waals surface area contributed by atoms with Gasteiger partial charge in [0, 0.05) is 72.5 Å². The highest BCUT2D eigenvalue weighted by molar-refractivity contribution is 6.27. The van der Waals surface area contributed by atoms with E-state index in [4.69, 9.17) is 0 Å². The van der Waals surface area contributed by atoms with Crippen LogP contribution in [0.4, 0.5) is 0 Å². The normalized spacial score (nSPS) is 12.0. The fourth-order valence-corrected chi connectivity index (χ4v) is 16.7. The Bertz CT molecular complexity index is 6650. The van der Waals surface area contributed by atoms with Crippen molar-refractivity contribution in [1.82, 2.24) is 33.2 Å². The Morgan fingerprint density at radius 3 is 0.730 bits per heavy atom. The van der Waals surface area contributed by atoms with E-state index in [1.54, 1.807) is 6.33 Å². The van der Waals surface area contributed by atoms with Crippen LogP contribution in [-0.4, -0.2) is 33.2 Å². The van der Waals surface area contributed by atoms with Crippen LogP contribution in [0.3, 0.4) is 0 Å². The summed E-state index contributed by atoms with van der Waals surface area (Å²) in [7, 11) is 0. The maximum Gasteiger partial charge on any atom is 0.115 e. The predicted octanol–water partition coefficient (Wildman–Crippen LogP) is 24.2. The molecule has 7 heteroatoms. The minimum atomic E-state index is 0.954. The lowest BCUT2D eigenvalue weighted by atomic mass is 9.94. The van der Waals surface area contributed by atoms with E-state index in [1.165, 1.54) is 169 Å². The summed E-state index contributed by atoms with van der Waals surface area (Å²) in [6, 6.07) is 116. The van der Waals surface area contributed by atoms with Crippen LogP contribution < -0.4 is 0 Å². The number of nitrogens with zero attached hydrogens (tertiary/aromatic N) is 7. The van der Waals surface area contributed by atoms with Crippen molar-refractivity contribution in [2.75, 3.05) is 0 Å². The monoisotopic (exact) mass is 1270 g/mol. The first kappa shape index (κ1) is 55.8. The van der Waals surface area contributed by atoms with Crippen LogP contribution in [-0.2, 0) is 0 Å². The number of para-hydroxylation sites is 4. The Morgan fingerprint density at radius 1 is 0.160 bits per heavy atom. The molecule has 7 nitrogen and oxygen atoms in total. The number of hydrogen-bond donors (Lipinski definition) is 0. The lowest BCUT2D eigenvalue weighted by molar-refractivity contribution is 1.07. The Balaban J connectivity index is 0.000000131. The lowest BCUT2D eigenvalue weighted by Gasteiger charge is -2.14. The number of fused-ring (bicyclic) bond motifs is 24. The second kappa shape index (κ2) is 22.0. The average molecular weight is 1270 g/mol. The van der Waals surface area contributed by atoms with Crippen LogP contribution in [0, 0.1) is 0 Å². The van der Waals surface area contributed by atoms with E-state index in [2.05, 4.69) is 349 Å². The first-order chi connectivity index (χ1) is 49.6. The molecule has 0 fully saturated rings. The molecule has 0 unspecified atom stereocenters. The third kappa shape index (κ3) is 8.42. The van der Waals surface area contributed by atoms with Crippen LogP contribution in [0.5, 0.6) is 0 Å². The van der Waals surface area contributed by atoms with E-state index in [9.17, 15) is 0 Å². The summed E-state index contributed by atoms with van der Waals surface area (Å²) in [5.74, 6) is 0. The van der Waals surface area contributed by atoms with E-state index in [-0.39, 0.29) is 0 Å². The molecule has 464 valence electrons. The van der Waals surface area contributed by atoms with Gasteiger partial charge in [-0.3, -0.25) is 4.98 Å². The molecule has 0 bridgehead atoms. The highest BCUT2D eigenvalue weighted by Gasteiger charge is 2.21. The first-order valence-corrected chi connectivity index (χ1v) is 34.1. The molecule has 16 aromatic carbocycles. The van der Waals surface area contributed by atoms with Gasteiger partial charge < -0.3 is 18.3 Å². The largest absolute Gasteiger partial charge is 0.309 e. The Morgan fingerprint density at radius 2 is 0.410 bits per heavy atom. The van der Waals surface area contributed by atoms with E-state index in [1.807, 2.05) is 24.8 Å². The van der Waals surface area contributed by atoms with E-state index in [0.717, 1.165) is 28.1 Å². The molecule has 0 atom stereocenters. The zero-order valence-corrected chi connectivity index (χ0v) is 54.0. The molecule has 0 aliphatic carbocycles. The van der Waals surface area contributed by atoms with Crippen molar-refractivity contribution in [3.8, 4) is 45.0 Å². The standard InChI is InChI=1S/C47H29N3.C46H28N4/c1-2-11-36-34(9-1)35-10-3-4-12-37(35)41-29-33(19-20-38(36)41)50-45-16-8-6-14-40(45)43-28-31(18-22-47(43)50)30-17-21-46-42(27-30)39-13-5-7-15-44(39)49(46)32-23-25-48-26-24-32;1-2-11-35-33(9-1)34-10-3-4-12-36(34)40-25-31(19-20-37(35)40)49-43-15-7-5-13-38(43)41-23-29(17-21-45(41)49)30-18-22-46-42(24-30)39-14-6-8-16-44(39)50(46)32-26-47-28-48-27-32/h1-29H;1-28H. The molecule has 22 rings (SSSR count). The molecule has 0 radical (unpaired) electrons. The molecule has 0 saturated heterocycles. The molecule has 6 aromatic heterocycles. The van der Waals surface area contributed by atoms with Gasteiger partial charge in [-0.25, -0.2) is 9.97 Å². The van der Waals surface area contributed by atoms with Crippen molar-refractivity contribution in [2.45, 2.75) is 0 Å². The summed E-state index contributed by atoms with van der Waals surface area (Å²) in [5, 5.41) is 25.3. The zero-order chi connectivity index (χ0) is 65.5. The van der Waals surface area contributed by atoms with Crippen LogP contribution in [0.15, 0.2) is 347 Å². The minimum Gasteiger partial charge on any atom is -0.309 e. The zero-order valence-electron chi connectivity index (χ0n) is 54.0. The average Bonchev–Trinajstić information content (AvgIpc) is 1.36. The number of pyridine rings is 1. The molecule has 6 heterocycles. The van der Waals surface area contributed by atoms with Gasteiger partial charge in [0.05, 0.1) is 62.2 Å². The van der Waals surface area contributed by atoms with Crippen molar-refractivity contribution < 1.29 is 0 Å². The third-order valence-electron chi connectivity index (χ3n) is 21.1. The van der Waals surface area contributed by atoms with Crippen molar-refractivity contribution in [2.24, 2.45) is 0 Å². The summed E-state index contributed by atoms with van der Waals surface area (Å²) in [6.07, 6.45) is 9.04. The van der Waals surface area contributed by atoms with Crippen LogP contribution in [0.2, 0.25) is 0 Å². The number of aromatic nitrogens is 7. The van der Waals surface area contributed by atoms with Gasteiger partial charge in [-0.2, -0.15) is 0 Å². The second-order valence-electron chi connectivity index (χ2n) is 26.3. The fraction of sp³-hybridized carbons (Fsp3) is 0. The first-order valence-electron chi connectivity index (χ1n) is 34.1. The summed E-state index contributed by atoms with van der Waals surface area (Å²) in [4.78, 5) is 12.9. The van der Waals surface area contributed by atoms with Crippen molar-refractivity contribution in [3.63, 3.8) is 0 Å². The second-order valence-corrected chi connectivity index (χ2v) is 26.3. The Hall–Kier alpha value is -13.5. The SMILES string of the molecule is c1ccc2c(c1)c1ccccc1c1cc(-n3c4ccccc4c4cc(-c5ccc6c(c5)c5ccccc5n6-c5ccncc5)ccc43)ccc21.c1ccc2c(c1)c1ccccc1c1cc(-n3c4ccccc4c4cc(-c5ccc6c(c5)c5ccccc5n6-c5cncnc5)ccc43)ccc21. The molecular formula is C93H57N7. The highest BCUT2D eigenvalue weighted by atomic mass is 15.0. The van der Waals surface area contributed by atoms with Crippen LogP contribution >= 0.6 is 0 Å². The van der Waals surface area contributed by atoms with Crippen LogP contribution in [0.1, 0.15) is 0 Å². The lowest BCUT2D eigenvalue weighted by Crippen LogP contribution is -1.95. The smallest absolute Gasteiger partial charge is 0.115 e. The van der Waals surface area contributed by atoms with Gasteiger partial charge in [0.2, 0.25) is 0 Å². The topological polar surface area (TPSA) is 58.4 Å².